The quantitative estimate of drug-likeness (QED) is 0.151. The fourth-order valence-corrected chi connectivity index (χ4v) is 5.21. The highest BCUT2D eigenvalue weighted by atomic mass is 16.4. The molecule has 1 heterocycles. The van der Waals surface area contributed by atoms with E-state index in [0.717, 1.165) is 27.3 Å². The SMILES string of the molecule is O=c1oc2ccc3ccccc3c2cc1-c1ccc(-c2c3ccccc3cc3ccccc23)cc1. The number of fused-ring (bicyclic) bond motifs is 5. The summed E-state index contributed by atoms with van der Waals surface area (Å²) >= 11 is 0. The van der Waals surface area contributed by atoms with Crippen molar-refractivity contribution in [2.45, 2.75) is 0 Å². The van der Waals surface area contributed by atoms with Crippen LogP contribution in [0.2, 0.25) is 0 Å². The van der Waals surface area contributed by atoms with Gasteiger partial charge in [-0.05, 0) is 67.2 Å². The predicted octanol–water partition coefficient (Wildman–Crippen LogP) is 8.59. The van der Waals surface area contributed by atoms with Crippen LogP contribution in [0.25, 0.3) is 65.5 Å². The fraction of sp³-hybridized carbons (Fsp3) is 0. The third-order valence-electron chi connectivity index (χ3n) is 6.90. The van der Waals surface area contributed by atoms with E-state index < -0.39 is 0 Å². The van der Waals surface area contributed by atoms with Gasteiger partial charge in [0.15, 0.2) is 0 Å². The van der Waals surface area contributed by atoms with Crippen LogP contribution in [0.3, 0.4) is 0 Å². The molecule has 0 unspecified atom stereocenters. The molecule has 0 N–H and O–H groups in total. The summed E-state index contributed by atoms with van der Waals surface area (Å²) in [5.74, 6) is 0. The van der Waals surface area contributed by atoms with E-state index in [1.807, 2.05) is 42.5 Å². The van der Waals surface area contributed by atoms with Gasteiger partial charge < -0.3 is 4.42 Å². The Morgan fingerprint density at radius 3 is 1.71 bits per heavy atom. The second kappa shape index (κ2) is 7.68. The molecular weight excluding hydrogens is 428 g/mol. The highest BCUT2D eigenvalue weighted by Gasteiger charge is 2.13. The molecule has 7 rings (SSSR count). The average molecular weight is 449 g/mol. The van der Waals surface area contributed by atoms with Gasteiger partial charge in [0, 0.05) is 5.39 Å². The van der Waals surface area contributed by atoms with E-state index in [1.54, 1.807) is 0 Å². The third kappa shape index (κ3) is 3.15. The fourth-order valence-electron chi connectivity index (χ4n) is 5.21. The zero-order chi connectivity index (χ0) is 23.4. The third-order valence-corrected chi connectivity index (χ3v) is 6.90. The summed E-state index contributed by atoms with van der Waals surface area (Å²) in [6.07, 6.45) is 0. The maximum atomic E-state index is 12.9. The molecule has 0 amide bonds. The lowest BCUT2D eigenvalue weighted by atomic mass is 9.91. The van der Waals surface area contributed by atoms with Crippen LogP contribution >= 0.6 is 0 Å². The summed E-state index contributed by atoms with van der Waals surface area (Å²) in [6, 6.07) is 41.5. The lowest BCUT2D eigenvalue weighted by molar-refractivity contribution is 0.564. The Morgan fingerprint density at radius 1 is 0.457 bits per heavy atom. The molecule has 0 fully saturated rings. The van der Waals surface area contributed by atoms with Gasteiger partial charge in [-0.25, -0.2) is 4.79 Å². The van der Waals surface area contributed by atoms with Crippen molar-refractivity contribution in [2.24, 2.45) is 0 Å². The maximum Gasteiger partial charge on any atom is 0.344 e. The molecule has 6 aromatic carbocycles. The van der Waals surface area contributed by atoms with E-state index in [9.17, 15) is 4.79 Å². The van der Waals surface area contributed by atoms with E-state index >= 15 is 0 Å². The number of benzene rings is 6. The summed E-state index contributed by atoms with van der Waals surface area (Å²) in [6.45, 7) is 0. The molecule has 0 saturated carbocycles. The molecular formula is C33H20O2. The van der Waals surface area contributed by atoms with Crippen LogP contribution in [-0.4, -0.2) is 0 Å². The van der Waals surface area contributed by atoms with Crippen molar-refractivity contribution in [2.75, 3.05) is 0 Å². The van der Waals surface area contributed by atoms with Crippen molar-refractivity contribution in [3.8, 4) is 22.3 Å². The topological polar surface area (TPSA) is 30.2 Å². The van der Waals surface area contributed by atoms with Gasteiger partial charge in [-0.1, -0.05) is 103 Å². The lowest BCUT2D eigenvalue weighted by Gasteiger charge is -2.13. The summed E-state index contributed by atoms with van der Waals surface area (Å²) < 4.78 is 5.73. The Hall–Kier alpha value is -4.69. The first kappa shape index (κ1) is 19.7. The molecule has 0 aliphatic carbocycles. The lowest BCUT2D eigenvalue weighted by Crippen LogP contribution is -2.02. The Kier molecular flexibility index (Phi) is 4.33. The molecule has 0 saturated heterocycles. The van der Waals surface area contributed by atoms with Crippen molar-refractivity contribution in [3.05, 3.63) is 132 Å². The largest absolute Gasteiger partial charge is 0.422 e. The molecule has 1 aromatic heterocycles. The van der Waals surface area contributed by atoms with Crippen LogP contribution in [-0.2, 0) is 0 Å². The van der Waals surface area contributed by atoms with Crippen LogP contribution in [0.5, 0.6) is 0 Å². The van der Waals surface area contributed by atoms with Crippen molar-refractivity contribution in [1.82, 2.24) is 0 Å². The van der Waals surface area contributed by atoms with Crippen molar-refractivity contribution >= 4 is 43.3 Å². The monoisotopic (exact) mass is 448 g/mol. The van der Waals surface area contributed by atoms with Gasteiger partial charge in [0.2, 0.25) is 0 Å². The second-order valence-corrected chi connectivity index (χ2v) is 8.92. The van der Waals surface area contributed by atoms with Crippen LogP contribution in [0.4, 0.5) is 0 Å². The first-order valence-electron chi connectivity index (χ1n) is 11.7. The smallest absolute Gasteiger partial charge is 0.344 e. The molecule has 7 aromatic rings. The normalized spacial score (nSPS) is 11.5. The Labute approximate surface area is 201 Å². The Morgan fingerprint density at radius 2 is 1.03 bits per heavy atom. The summed E-state index contributed by atoms with van der Waals surface area (Å²) in [5, 5.41) is 8.01. The van der Waals surface area contributed by atoms with Gasteiger partial charge in [-0.2, -0.15) is 0 Å². The highest BCUT2D eigenvalue weighted by Crippen LogP contribution is 2.37. The Balaban J connectivity index is 1.42. The van der Waals surface area contributed by atoms with E-state index in [4.69, 9.17) is 4.42 Å². The average Bonchev–Trinajstić information content (AvgIpc) is 2.91. The van der Waals surface area contributed by atoms with Crippen LogP contribution in [0, 0.1) is 0 Å². The molecule has 2 nitrogen and oxygen atoms in total. The van der Waals surface area contributed by atoms with Crippen LogP contribution < -0.4 is 5.63 Å². The van der Waals surface area contributed by atoms with Gasteiger partial charge in [0.1, 0.15) is 5.58 Å². The number of hydrogen-bond donors (Lipinski definition) is 0. The minimum Gasteiger partial charge on any atom is -0.422 e. The molecule has 0 aliphatic heterocycles. The molecule has 164 valence electrons. The van der Waals surface area contributed by atoms with Gasteiger partial charge in [0.05, 0.1) is 5.56 Å². The van der Waals surface area contributed by atoms with E-state index in [-0.39, 0.29) is 5.63 Å². The minimum absolute atomic E-state index is 0.323. The highest BCUT2D eigenvalue weighted by molar-refractivity contribution is 6.12. The first-order valence-corrected chi connectivity index (χ1v) is 11.7. The van der Waals surface area contributed by atoms with Gasteiger partial charge >= 0.3 is 5.63 Å². The van der Waals surface area contributed by atoms with Crippen molar-refractivity contribution in [1.29, 1.82) is 0 Å². The standard InChI is InChI=1S/C33H20O2/c34-33-29(20-30-26-10-4-1-7-21(26)17-18-31(30)35-33)22-13-15-23(16-14-22)32-27-11-5-2-8-24(27)19-25-9-3-6-12-28(25)32/h1-20H. The number of rotatable bonds is 2. The van der Waals surface area contributed by atoms with Gasteiger partial charge in [-0.15, -0.1) is 0 Å². The van der Waals surface area contributed by atoms with E-state index in [0.29, 0.717) is 11.1 Å². The van der Waals surface area contributed by atoms with Gasteiger partial charge in [-0.3, -0.25) is 0 Å². The van der Waals surface area contributed by atoms with Crippen molar-refractivity contribution < 1.29 is 4.42 Å². The minimum atomic E-state index is -0.323. The maximum absolute atomic E-state index is 12.9. The van der Waals surface area contributed by atoms with Crippen LogP contribution in [0.1, 0.15) is 0 Å². The second-order valence-electron chi connectivity index (χ2n) is 8.92. The summed E-state index contributed by atoms with van der Waals surface area (Å²) in [5.41, 5.74) is 4.04. The van der Waals surface area contributed by atoms with Crippen LogP contribution in [0.15, 0.2) is 131 Å². The molecule has 2 heteroatoms. The summed E-state index contributed by atoms with van der Waals surface area (Å²) in [7, 11) is 0. The van der Waals surface area contributed by atoms with E-state index in [2.05, 4.69) is 78.9 Å². The van der Waals surface area contributed by atoms with E-state index in [1.165, 1.54) is 27.1 Å². The van der Waals surface area contributed by atoms with Crippen molar-refractivity contribution in [3.63, 3.8) is 0 Å². The first-order chi connectivity index (χ1) is 17.3. The zero-order valence-corrected chi connectivity index (χ0v) is 18.9. The molecule has 0 aliphatic rings. The number of hydrogen-bond acceptors (Lipinski definition) is 2. The Bertz CT molecular complexity index is 1910. The molecule has 35 heavy (non-hydrogen) atoms. The zero-order valence-electron chi connectivity index (χ0n) is 18.9. The molecule has 0 radical (unpaired) electrons. The molecule has 0 bridgehead atoms. The summed E-state index contributed by atoms with van der Waals surface area (Å²) in [4.78, 5) is 12.9. The van der Waals surface area contributed by atoms with Gasteiger partial charge in [0.25, 0.3) is 0 Å². The molecule has 0 spiro atoms. The molecule has 0 atom stereocenters. The predicted molar refractivity (Wildman–Crippen MR) is 146 cm³/mol.